The Morgan fingerprint density at radius 1 is 1.43 bits per heavy atom. The Kier molecular flexibility index (Phi) is 3.53. The van der Waals surface area contributed by atoms with E-state index in [0.29, 0.717) is 16.3 Å². The van der Waals surface area contributed by atoms with Crippen LogP contribution >= 0.6 is 11.6 Å². The van der Waals surface area contributed by atoms with Crippen LogP contribution in [0.4, 0.5) is 0 Å². The van der Waals surface area contributed by atoms with Crippen molar-refractivity contribution in [3.8, 4) is 5.75 Å². The summed E-state index contributed by atoms with van der Waals surface area (Å²) in [5, 5.41) is 0.397. The van der Waals surface area contributed by atoms with Crippen LogP contribution < -0.4 is 4.74 Å². The van der Waals surface area contributed by atoms with Crippen LogP contribution in [0.15, 0.2) is 18.2 Å². The van der Waals surface area contributed by atoms with Gasteiger partial charge in [0.1, 0.15) is 5.75 Å². The average molecular weight is 213 g/mol. The van der Waals surface area contributed by atoms with Crippen LogP contribution in [-0.4, -0.2) is 12.9 Å². The Bertz CT molecular complexity index is 345. The number of carbonyl (C=O) groups is 1. The van der Waals surface area contributed by atoms with Crippen molar-refractivity contribution < 1.29 is 9.53 Å². The molecule has 0 radical (unpaired) electrons. The van der Waals surface area contributed by atoms with Crippen molar-refractivity contribution >= 4 is 17.4 Å². The molecule has 76 valence electrons. The maximum Gasteiger partial charge on any atom is 0.167 e. The van der Waals surface area contributed by atoms with Crippen molar-refractivity contribution in [1.29, 1.82) is 0 Å². The monoisotopic (exact) mass is 212 g/mol. The van der Waals surface area contributed by atoms with Gasteiger partial charge >= 0.3 is 0 Å². The van der Waals surface area contributed by atoms with E-state index in [-0.39, 0.29) is 11.7 Å². The number of carbonyl (C=O) groups excluding carboxylic acids is 1. The van der Waals surface area contributed by atoms with Gasteiger partial charge in [-0.1, -0.05) is 31.5 Å². The summed E-state index contributed by atoms with van der Waals surface area (Å²) in [7, 11) is 1.53. The number of rotatable bonds is 3. The molecular formula is C11H13ClO2. The van der Waals surface area contributed by atoms with Gasteiger partial charge < -0.3 is 4.74 Å². The van der Waals surface area contributed by atoms with Gasteiger partial charge in [-0.3, -0.25) is 4.79 Å². The highest BCUT2D eigenvalue weighted by molar-refractivity contribution is 6.35. The Morgan fingerprint density at radius 3 is 2.57 bits per heavy atom. The topological polar surface area (TPSA) is 26.3 Å². The van der Waals surface area contributed by atoms with Gasteiger partial charge in [-0.15, -0.1) is 0 Å². The molecule has 0 saturated heterocycles. The molecule has 3 heteroatoms. The summed E-state index contributed by atoms with van der Waals surface area (Å²) in [4.78, 5) is 11.7. The Morgan fingerprint density at radius 2 is 2.07 bits per heavy atom. The molecule has 0 fully saturated rings. The van der Waals surface area contributed by atoms with Crippen LogP contribution in [0.25, 0.3) is 0 Å². The number of hydrogen-bond donors (Lipinski definition) is 0. The molecule has 0 atom stereocenters. The third-order valence-electron chi connectivity index (χ3n) is 1.97. The zero-order chi connectivity index (χ0) is 10.7. The minimum Gasteiger partial charge on any atom is -0.495 e. The minimum atomic E-state index is -0.0559. The fourth-order valence-electron chi connectivity index (χ4n) is 1.17. The van der Waals surface area contributed by atoms with Crippen LogP contribution in [0.2, 0.25) is 5.02 Å². The first kappa shape index (κ1) is 11.1. The molecule has 0 aliphatic carbocycles. The van der Waals surface area contributed by atoms with E-state index < -0.39 is 0 Å². The largest absolute Gasteiger partial charge is 0.495 e. The molecular weight excluding hydrogens is 200 g/mol. The molecule has 0 bridgehead atoms. The molecule has 1 aromatic rings. The van der Waals surface area contributed by atoms with Gasteiger partial charge in [0, 0.05) is 11.5 Å². The van der Waals surface area contributed by atoms with Crippen LogP contribution in [0, 0.1) is 5.92 Å². The molecule has 2 nitrogen and oxygen atoms in total. The second kappa shape index (κ2) is 4.47. The summed E-state index contributed by atoms with van der Waals surface area (Å²) >= 11 is 6.00. The second-order valence-corrected chi connectivity index (χ2v) is 3.72. The molecule has 14 heavy (non-hydrogen) atoms. The quantitative estimate of drug-likeness (QED) is 0.720. The molecule has 0 aromatic heterocycles. The summed E-state index contributed by atoms with van der Waals surface area (Å²) in [6.07, 6.45) is 0. The Labute approximate surface area is 88.8 Å². The third kappa shape index (κ3) is 2.07. The maximum atomic E-state index is 11.7. The molecule has 0 aliphatic heterocycles. The lowest BCUT2D eigenvalue weighted by atomic mass is 10.0. The summed E-state index contributed by atoms with van der Waals surface area (Å²) in [6.45, 7) is 3.69. The molecule has 0 aliphatic rings. The molecule has 0 heterocycles. The van der Waals surface area contributed by atoms with Crippen molar-refractivity contribution in [2.24, 2.45) is 5.92 Å². The highest BCUT2D eigenvalue weighted by atomic mass is 35.5. The minimum absolute atomic E-state index is 0.0360. The van der Waals surface area contributed by atoms with Crippen molar-refractivity contribution in [3.05, 3.63) is 28.8 Å². The maximum absolute atomic E-state index is 11.7. The van der Waals surface area contributed by atoms with Crippen LogP contribution in [0.3, 0.4) is 0 Å². The van der Waals surface area contributed by atoms with E-state index in [0.717, 1.165) is 0 Å². The van der Waals surface area contributed by atoms with Gasteiger partial charge in [0.2, 0.25) is 0 Å². The predicted molar refractivity (Wildman–Crippen MR) is 57.2 cm³/mol. The summed E-state index contributed by atoms with van der Waals surface area (Å²) in [5.41, 5.74) is 0.529. The first-order valence-corrected chi connectivity index (χ1v) is 4.82. The highest BCUT2D eigenvalue weighted by Crippen LogP contribution is 2.29. The number of benzene rings is 1. The van der Waals surface area contributed by atoms with E-state index in [1.165, 1.54) is 7.11 Å². The molecule has 0 N–H and O–H groups in total. The Balaban J connectivity index is 3.16. The first-order valence-electron chi connectivity index (χ1n) is 4.44. The second-order valence-electron chi connectivity index (χ2n) is 3.34. The van der Waals surface area contributed by atoms with Crippen LogP contribution in [0.5, 0.6) is 5.75 Å². The molecule has 0 spiro atoms. The van der Waals surface area contributed by atoms with Gasteiger partial charge in [0.15, 0.2) is 5.78 Å². The van der Waals surface area contributed by atoms with E-state index >= 15 is 0 Å². The van der Waals surface area contributed by atoms with Gasteiger partial charge in [-0.25, -0.2) is 0 Å². The standard InChI is InChI=1S/C11H13ClO2/c1-7(2)11(13)8-5-4-6-9(14-3)10(8)12/h4-7H,1-3H3. The lowest BCUT2D eigenvalue weighted by molar-refractivity contribution is 0.0939. The average Bonchev–Trinajstić information content (AvgIpc) is 2.17. The van der Waals surface area contributed by atoms with Gasteiger partial charge in [-0.05, 0) is 12.1 Å². The lowest BCUT2D eigenvalue weighted by Gasteiger charge is -2.09. The van der Waals surface area contributed by atoms with Crippen molar-refractivity contribution in [2.45, 2.75) is 13.8 Å². The first-order chi connectivity index (χ1) is 6.57. The Hall–Kier alpha value is -1.02. The summed E-state index contributed by atoms with van der Waals surface area (Å²) in [6, 6.07) is 5.22. The van der Waals surface area contributed by atoms with E-state index in [9.17, 15) is 4.79 Å². The predicted octanol–water partition coefficient (Wildman–Crippen LogP) is 3.19. The molecule has 0 unspecified atom stereocenters. The van der Waals surface area contributed by atoms with E-state index in [2.05, 4.69) is 0 Å². The van der Waals surface area contributed by atoms with E-state index in [1.807, 2.05) is 13.8 Å². The van der Waals surface area contributed by atoms with Gasteiger partial charge in [0.25, 0.3) is 0 Å². The number of halogens is 1. The normalized spacial score (nSPS) is 10.4. The third-order valence-corrected chi connectivity index (χ3v) is 2.36. The van der Waals surface area contributed by atoms with Crippen LogP contribution in [0.1, 0.15) is 24.2 Å². The lowest BCUT2D eigenvalue weighted by Crippen LogP contribution is -2.08. The van der Waals surface area contributed by atoms with E-state index in [4.69, 9.17) is 16.3 Å². The molecule has 1 rings (SSSR count). The zero-order valence-electron chi connectivity index (χ0n) is 8.50. The number of ether oxygens (including phenoxy) is 1. The van der Waals surface area contributed by atoms with Gasteiger partial charge in [0.05, 0.1) is 12.1 Å². The fourth-order valence-corrected chi connectivity index (χ4v) is 1.47. The van der Waals surface area contributed by atoms with E-state index in [1.54, 1.807) is 18.2 Å². The molecule has 0 saturated carbocycles. The molecule has 1 aromatic carbocycles. The number of methoxy groups -OCH3 is 1. The SMILES string of the molecule is COc1cccc(C(=O)C(C)C)c1Cl. The van der Waals surface area contributed by atoms with Crippen molar-refractivity contribution in [2.75, 3.05) is 7.11 Å². The summed E-state index contributed by atoms with van der Waals surface area (Å²) < 4.78 is 5.03. The van der Waals surface area contributed by atoms with Crippen molar-refractivity contribution in [3.63, 3.8) is 0 Å². The smallest absolute Gasteiger partial charge is 0.167 e. The van der Waals surface area contributed by atoms with Crippen LogP contribution in [-0.2, 0) is 0 Å². The fraction of sp³-hybridized carbons (Fsp3) is 0.364. The van der Waals surface area contributed by atoms with Gasteiger partial charge in [-0.2, -0.15) is 0 Å². The zero-order valence-corrected chi connectivity index (χ0v) is 9.26. The molecule has 0 amide bonds. The number of hydrogen-bond acceptors (Lipinski definition) is 2. The number of Topliss-reactive ketones (excluding diaryl/α,β-unsaturated/α-hetero) is 1. The highest BCUT2D eigenvalue weighted by Gasteiger charge is 2.16. The summed E-state index contributed by atoms with van der Waals surface area (Å²) in [5.74, 6) is 0.520. The van der Waals surface area contributed by atoms with Crippen molar-refractivity contribution in [1.82, 2.24) is 0 Å². The number of ketones is 1.